The Labute approximate surface area is 104 Å². The van der Waals surface area contributed by atoms with E-state index in [1.807, 2.05) is 0 Å². The van der Waals surface area contributed by atoms with E-state index in [2.05, 4.69) is 15.4 Å². The van der Waals surface area contributed by atoms with Crippen LogP contribution < -0.4 is 5.32 Å². The van der Waals surface area contributed by atoms with Crippen molar-refractivity contribution in [2.75, 3.05) is 0 Å². The number of carbonyl (C=O) groups excluding carboxylic acids is 1. The summed E-state index contributed by atoms with van der Waals surface area (Å²) < 4.78 is 1.44. The molecule has 1 aliphatic rings. The highest BCUT2D eigenvalue weighted by Gasteiger charge is 2.34. The summed E-state index contributed by atoms with van der Waals surface area (Å²) in [4.78, 5) is 26.8. The molecule has 1 saturated carbocycles. The van der Waals surface area contributed by atoms with Crippen molar-refractivity contribution in [1.29, 1.82) is 0 Å². The first-order valence-corrected chi connectivity index (χ1v) is 5.97. The summed E-state index contributed by atoms with van der Waals surface area (Å²) in [6, 6.07) is -0.761. The van der Waals surface area contributed by atoms with Gasteiger partial charge in [0, 0.05) is 6.04 Å². The van der Waals surface area contributed by atoms with Crippen molar-refractivity contribution in [2.45, 2.75) is 38.3 Å². The highest BCUT2D eigenvalue weighted by Crippen LogP contribution is 2.26. The van der Waals surface area contributed by atoms with E-state index in [4.69, 9.17) is 5.11 Å². The fourth-order valence-electron chi connectivity index (χ4n) is 2.27. The molecule has 0 spiro atoms. The van der Waals surface area contributed by atoms with E-state index < -0.39 is 17.9 Å². The molecule has 1 aliphatic carbocycles. The molecular weight excluding hydrogens is 236 g/mol. The van der Waals surface area contributed by atoms with Crippen LogP contribution in [0.5, 0.6) is 0 Å². The molecule has 1 aromatic rings. The van der Waals surface area contributed by atoms with Crippen LogP contribution in [0.15, 0.2) is 12.7 Å². The third-order valence-corrected chi connectivity index (χ3v) is 3.37. The predicted molar refractivity (Wildman–Crippen MR) is 61.6 cm³/mol. The van der Waals surface area contributed by atoms with Crippen molar-refractivity contribution < 1.29 is 14.7 Å². The summed E-state index contributed by atoms with van der Waals surface area (Å²) in [5.41, 5.74) is 0. The fraction of sp³-hybridized carbons (Fsp3) is 0.636. The Balaban J connectivity index is 1.97. The second-order valence-corrected chi connectivity index (χ2v) is 4.54. The zero-order valence-electron chi connectivity index (χ0n) is 10.1. The molecule has 0 aromatic carbocycles. The summed E-state index contributed by atoms with van der Waals surface area (Å²) in [7, 11) is 0. The van der Waals surface area contributed by atoms with E-state index in [1.54, 1.807) is 6.92 Å². The van der Waals surface area contributed by atoms with Gasteiger partial charge in [0.05, 0.1) is 5.92 Å². The zero-order valence-corrected chi connectivity index (χ0v) is 10.1. The molecule has 98 valence electrons. The van der Waals surface area contributed by atoms with Crippen molar-refractivity contribution in [3.05, 3.63) is 12.7 Å². The lowest BCUT2D eigenvalue weighted by molar-refractivity contribution is -0.142. The van der Waals surface area contributed by atoms with Crippen LogP contribution in [0, 0.1) is 5.92 Å². The van der Waals surface area contributed by atoms with Crippen molar-refractivity contribution in [3.8, 4) is 0 Å². The quantitative estimate of drug-likeness (QED) is 0.798. The van der Waals surface area contributed by atoms with Gasteiger partial charge in [-0.1, -0.05) is 6.42 Å². The molecule has 7 nitrogen and oxygen atoms in total. The molecule has 2 rings (SSSR count). The monoisotopic (exact) mass is 252 g/mol. The molecule has 18 heavy (non-hydrogen) atoms. The van der Waals surface area contributed by atoms with E-state index >= 15 is 0 Å². The maximum Gasteiger partial charge on any atom is 0.308 e. The van der Waals surface area contributed by atoms with Gasteiger partial charge in [0.2, 0.25) is 5.91 Å². The summed E-state index contributed by atoms with van der Waals surface area (Å²) >= 11 is 0. The minimum absolute atomic E-state index is 0.223. The molecule has 0 saturated heterocycles. The molecule has 1 aromatic heterocycles. The summed E-state index contributed by atoms with van der Waals surface area (Å²) in [6.07, 6.45) is 5.00. The molecule has 7 heteroatoms. The van der Waals surface area contributed by atoms with Crippen LogP contribution >= 0.6 is 0 Å². The highest BCUT2D eigenvalue weighted by atomic mass is 16.4. The molecule has 0 radical (unpaired) electrons. The number of nitrogens with one attached hydrogen (secondary N) is 1. The van der Waals surface area contributed by atoms with Gasteiger partial charge in [-0.05, 0) is 19.8 Å². The van der Waals surface area contributed by atoms with Crippen LogP contribution in [0.25, 0.3) is 0 Å². The zero-order chi connectivity index (χ0) is 13.1. The smallest absolute Gasteiger partial charge is 0.308 e. The van der Waals surface area contributed by atoms with Gasteiger partial charge in [0.15, 0.2) is 0 Å². The first-order valence-electron chi connectivity index (χ1n) is 5.97. The first-order chi connectivity index (χ1) is 8.59. The molecule has 0 bridgehead atoms. The molecule has 1 amide bonds. The second-order valence-electron chi connectivity index (χ2n) is 4.54. The molecule has 0 aliphatic heterocycles. The van der Waals surface area contributed by atoms with Crippen LogP contribution in [-0.4, -0.2) is 37.8 Å². The van der Waals surface area contributed by atoms with E-state index in [-0.39, 0.29) is 11.9 Å². The number of carboxylic acids is 1. The minimum Gasteiger partial charge on any atom is -0.481 e. The summed E-state index contributed by atoms with van der Waals surface area (Å²) in [5, 5.41) is 15.7. The number of rotatable bonds is 4. The van der Waals surface area contributed by atoms with Crippen molar-refractivity contribution in [3.63, 3.8) is 0 Å². The lowest BCUT2D eigenvalue weighted by Gasteiger charge is -2.20. The van der Waals surface area contributed by atoms with Crippen LogP contribution in [0.1, 0.15) is 32.2 Å². The largest absolute Gasteiger partial charge is 0.481 e. The number of nitrogens with zero attached hydrogens (tertiary/aromatic N) is 3. The first kappa shape index (κ1) is 12.5. The Bertz CT molecular complexity index is 432. The van der Waals surface area contributed by atoms with Gasteiger partial charge in [-0.15, -0.1) is 0 Å². The van der Waals surface area contributed by atoms with Crippen LogP contribution in [0.4, 0.5) is 0 Å². The van der Waals surface area contributed by atoms with E-state index in [0.717, 1.165) is 6.42 Å². The summed E-state index contributed by atoms with van der Waals surface area (Å²) in [6.45, 7) is 1.70. The lowest BCUT2D eigenvalue weighted by atomic mass is 10.0. The van der Waals surface area contributed by atoms with Gasteiger partial charge in [-0.25, -0.2) is 9.67 Å². The fourth-order valence-corrected chi connectivity index (χ4v) is 2.27. The number of hydrogen-bond acceptors (Lipinski definition) is 4. The SMILES string of the molecule is CC(C(=O)NC1CCCC1C(=O)O)n1cncn1. The maximum absolute atomic E-state index is 12.0. The Morgan fingerprint density at radius 2 is 2.28 bits per heavy atom. The molecule has 3 atom stereocenters. The van der Waals surface area contributed by atoms with Gasteiger partial charge in [0.1, 0.15) is 18.7 Å². The number of aromatic nitrogens is 3. The van der Waals surface area contributed by atoms with Crippen molar-refractivity contribution in [2.24, 2.45) is 5.92 Å². The number of carboxylic acid groups (broad SMARTS) is 1. The minimum atomic E-state index is -0.841. The Kier molecular flexibility index (Phi) is 3.59. The predicted octanol–water partition coefficient (Wildman–Crippen LogP) is 0.209. The molecule has 1 fully saturated rings. The Hall–Kier alpha value is -1.92. The number of aliphatic carboxylic acids is 1. The lowest BCUT2D eigenvalue weighted by Crippen LogP contribution is -2.43. The van der Waals surface area contributed by atoms with Crippen molar-refractivity contribution >= 4 is 11.9 Å². The third kappa shape index (κ3) is 2.49. The van der Waals surface area contributed by atoms with Crippen molar-refractivity contribution in [1.82, 2.24) is 20.1 Å². The Morgan fingerprint density at radius 1 is 1.50 bits per heavy atom. The molecule has 2 N–H and O–H groups in total. The van der Waals surface area contributed by atoms with E-state index in [9.17, 15) is 9.59 Å². The van der Waals surface area contributed by atoms with Crippen LogP contribution in [0.2, 0.25) is 0 Å². The van der Waals surface area contributed by atoms with Gasteiger partial charge in [-0.3, -0.25) is 9.59 Å². The number of carbonyl (C=O) groups is 2. The van der Waals surface area contributed by atoms with Crippen LogP contribution in [-0.2, 0) is 9.59 Å². The van der Waals surface area contributed by atoms with E-state index in [0.29, 0.717) is 12.8 Å². The summed E-state index contributed by atoms with van der Waals surface area (Å²) in [5.74, 6) is -1.54. The molecular formula is C11H16N4O3. The topological polar surface area (TPSA) is 97.1 Å². The highest BCUT2D eigenvalue weighted by molar-refractivity contribution is 5.81. The van der Waals surface area contributed by atoms with Gasteiger partial charge in [-0.2, -0.15) is 5.10 Å². The second kappa shape index (κ2) is 5.16. The normalized spacial score (nSPS) is 24.7. The van der Waals surface area contributed by atoms with Gasteiger partial charge < -0.3 is 10.4 Å². The number of hydrogen-bond donors (Lipinski definition) is 2. The van der Waals surface area contributed by atoms with E-state index in [1.165, 1.54) is 17.3 Å². The van der Waals surface area contributed by atoms with Crippen LogP contribution in [0.3, 0.4) is 0 Å². The Morgan fingerprint density at radius 3 is 2.89 bits per heavy atom. The average Bonchev–Trinajstić information content (AvgIpc) is 2.98. The molecule has 3 unspecified atom stereocenters. The maximum atomic E-state index is 12.0. The van der Waals surface area contributed by atoms with Gasteiger partial charge in [0.25, 0.3) is 0 Å². The molecule has 1 heterocycles. The van der Waals surface area contributed by atoms with Gasteiger partial charge >= 0.3 is 5.97 Å². The number of amides is 1. The standard InChI is InChI=1S/C11H16N4O3/c1-7(15-6-12-5-13-15)10(16)14-9-4-2-3-8(9)11(17)18/h5-9H,2-4H2,1H3,(H,14,16)(H,17,18). The average molecular weight is 252 g/mol. The third-order valence-electron chi connectivity index (χ3n) is 3.37.